The second kappa shape index (κ2) is 6.98. The highest BCUT2D eigenvalue weighted by Gasteiger charge is 2.15. The third-order valence-electron chi connectivity index (χ3n) is 4.11. The van der Waals surface area contributed by atoms with Crippen molar-refractivity contribution in [2.24, 2.45) is 0 Å². The predicted octanol–water partition coefficient (Wildman–Crippen LogP) is 5.22. The van der Waals surface area contributed by atoms with E-state index in [9.17, 15) is 4.79 Å². The first-order chi connectivity index (χ1) is 12.7. The van der Waals surface area contributed by atoms with Crippen LogP contribution in [0.3, 0.4) is 0 Å². The Balaban J connectivity index is 1.62. The minimum absolute atomic E-state index is 0.235. The summed E-state index contributed by atoms with van der Waals surface area (Å²) in [6, 6.07) is 21.5. The van der Waals surface area contributed by atoms with Gasteiger partial charge in [-0.1, -0.05) is 54.6 Å². The molecular formula is C21H16N2O2S. The molecule has 0 aliphatic rings. The largest absolute Gasteiger partial charge is 0.496 e. The van der Waals surface area contributed by atoms with E-state index in [1.165, 1.54) is 11.3 Å². The van der Waals surface area contributed by atoms with Gasteiger partial charge in [-0.15, -0.1) is 11.3 Å². The number of ether oxygens (including phenoxy) is 1. The molecule has 3 aromatic carbocycles. The van der Waals surface area contributed by atoms with Crippen LogP contribution in [0.1, 0.15) is 10.4 Å². The van der Waals surface area contributed by atoms with E-state index in [-0.39, 0.29) is 5.91 Å². The Morgan fingerprint density at radius 1 is 1.00 bits per heavy atom. The molecule has 1 heterocycles. The molecule has 0 spiro atoms. The highest BCUT2D eigenvalue weighted by molar-refractivity contribution is 7.14. The van der Waals surface area contributed by atoms with E-state index >= 15 is 0 Å². The SMILES string of the molecule is COc1cc2ccccc2cc1C(=O)Nc1nc(-c2ccccc2)cs1. The van der Waals surface area contributed by atoms with Crippen LogP contribution in [0.25, 0.3) is 22.0 Å². The highest BCUT2D eigenvalue weighted by atomic mass is 32.1. The summed E-state index contributed by atoms with van der Waals surface area (Å²) in [7, 11) is 1.57. The zero-order chi connectivity index (χ0) is 17.9. The first-order valence-corrected chi connectivity index (χ1v) is 9.01. The third kappa shape index (κ3) is 3.17. The second-order valence-electron chi connectivity index (χ2n) is 5.76. The monoisotopic (exact) mass is 360 g/mol. The Kier molecular flexibility index (Phi) is 4.37. The van der Waals surface area contributed by atoms with Crippen molar-refractivity contribution in [1.82, 2.24) is 4.98 Å². The number of nitrogens with one attached hydrogen (secondary N) is 1. The lowest BCUT2D eigenvalue weighted by molar-refractivity contribution is 0.102. The number of carbonyl (C=O) groups excluding carboxylic acids is 1. The number of benzene rings is 3. The Morgan fingerprint density at radius 2 is 1.69 bits per heavy atom. The molecule has 5 heteroatoms. The first-order valence-electron chi connectivity index (χ1n) is 8.13. The van der Waals surface area contributed by atoms with Gasteiger partial charge in [-0.2, -0.15) is 0 Å². The van der Waals surface area contributed by atoms with E-state index in [4.69, 9.17) is 4.74 Å². The van der Waals surface area contributed by atoms with E-state index in [0.29, 0.717) is 16.4 Å². The summed E-state index contributed by atoms with van der Waals surface area (Å²) in [6.07, 6.45) is 0. The summed E-state index contributed by atoms with van der Waals surface area (Å²) in [5.41, 5.74) is 2.35. The molecule has 128 valence electrons. The molecule has 0 atom stereocenters. The lowest BCUT2D eigenvalue weighted by Gasteiger charge is -2.10. The van der Waals surface area contributed by atoms with E-state index in [0.717, 1.165) is 22.0 Å². The lowest BCUT2D eigenvalue weighted by atomic mass is 10.1. The molecule has 4 rings (SSSR count). The van der Waals surface area contributed by atoms with Crippen molar-refractivity contribution < 1.29 is 9.53 Å². The summed E-state index contributed by atoms with van der Waals surface area (Å²) < 4.78 is 5.41. The van der Waals surface area contributed by atoms with E-state index in [1.807, 2.05) is 72.1 Å². The van der Waals surface area contributed by atoms with Crippen molar-refractivity contribution in [3.63, 3.8) is 0 Å². The predicted molar refractivity (Wildman–Crippen MR) is 106 cm³/mol. The minimum Gasteiger partial charge on any atom is -0.496 e. The minimum atomic E-state index is -0.235. The van der Waals surface area contributed by atoms with Gasteiger partial charge < -0.3 is 4.74 Å². The van der Waals surface area contributed by atoms with Gasteiger partial charge in [0.05, 0.1) is 18.4 Å². The van der Waals surface area contributed by atoms with Crippen molar-refractivity contribution in [2.45, 2.75) is 0 Å². The van der Waals surface area contributed by atoms with Crippen molar-refractivity contribution in [3.8, 4) is 17.0 Å². The van der Waals surface area contributed by atoms with Crippen molar-refractivity contribution in [1.29, 1.82) is 0 Å². The maximum atomic E-state index is 12.8. The van der Waals surface area contributed by atoms with Crippen molar-refractivity contribution in [2.75, 3.05) is 12.4 Å². The molecule has 0 aliphatic carbocycles. The van der Waals surface area contributed by atoms with Crippen LogP contribution >= 0.6 is 11.3 Å². The number of amides is 1. The molecule has 0 saturated carbocycles. The smallest absolute Gasteiger partial charge is 0.261 e. The standard InChI is InChI=1S/C21H16N2O2S/c1-25-19-12-16-10-6-5-9-15(16)11-17(19)20(24)23-21-22-18(13-26-21)14-7-3-2-4-8-14/h2-13H,1H3,(H,22,23,24). The number of fused-ring (bicyclic) bond motifs is 1. The lowest BCUT2D eigenvalue weighted by Crippen LogP contribution is -2.13. The third-order valence-corrected chi connectivity index (χ3v) is 4.86. The highest BCUT2D eigenvalue weighted by Crippen LogP contribution is 2.28. The normalized spacial score (nSPS) is 10.7. The number of carbonyl (C=O) groups is 1. The van der Waals surface area contributed by atoms with E-state index in [2.05, 4.69) is 10.3 Å². The van der Waals surface area contributed by atoms with Gasteiger partial charge in [0.25, 0.3) is 5.91 Å². The van der Waals surface area contributed by atoms with Crippen molar-refractivity contribution in [3.05, 3.63) is 77.7 Å². The molecule has 26 heavy (non-hydrogen) atoms. The van der Waals surface area contributed by atoms with Crippen molar-refractivity contribution >= 4 is 33.1 Å². The molecule has 1 amide bonds. The molecular weight excluding hydrogens is 344 g/mol. The molecule has 0 bridgehead atoms. The summed E-state index contributed by atoms with van der Waals surface area (Å²) in [5, 5.41) is 7.39. The summed E-state index contributed by atoms with van der Waals surface area (Å²) in [5.74, 6) is 0.308. The zero-order valence-corrected chi connectivity index (χ0v) is 14.9. The fraction of sp³-hybridized carbons (Fsp3) is 0.0476. The zero-order valence-electron chi connectivity index (χ0n) is 14.1. The van der Waals surface area contributed by atoms with Gasteiger partial charge in [0, 0.05) is 10.9 Å². The number of anilines is 1. The molecule has 4 aromatic rings. The van der Waals surface area contributed by atoms with E-state index in [1.54, 1.807) is 7.11 Å². The fourth-order valence-electron chi connectivity index (χ4n) is 2.80. The van der Waals surface area contributed by atoms with Crippen LogP contribution in [-0.2, 0) is 0 Å². The van der Waals surface area contributed by atoms with Crippen LogP contribution in [0.5, 0.6) is 5.75 Å². The number of hydrogen-bond donors (Lipinski definition) is 1. The molecule has 1 aromatic heterocycles. The average Bonchev–Trinajstić information content (AvgIpc) is 3.16. The summed E-state index contributed by atoms with van der Waals surface area (Å²) in [6.45, 7) is 0. The number of thiazole rings is 1. The topological polar surface area (TPSA) is 51.2 Å². The molecule has 0 saturated heterocycles. The maximum Gasteiger partial charge on any atom is 0.261 e. The number of methoxy groups -OCH3 is 1. The van der Waals surface area contributed by atoms with Gasteiger partial charge >= 0.3 is 0 Å². The molecule has 1 N–H and O–H groups in total. The molecule has 0 aliphatic heterocycles. The fourth-order valence-corrected chi connectivity index (χ4v) is 3.52. The Labute approximate surface area is 155 Å². The number of hydrogen-bond acceptors (Lipinski definition) is 4. The van der Waals surface area contributed by atoms with Crippen LogP contribution in [0.15, 0.2) is 72.1 Å². The molecule has 0 radical (unpaired) electrons. The average molecular weight is 360 g/mol. The van der Waals surface area contributed by atoms with Gasteiger partial charge in [0.2, 0.25) is 0 Å². The Morgan fingerprint density at radius 3 is 2.42 bits per heavy atom. The summed E-state index contributed by atoms with van der Waals surface area (Å²) in [4.78, 5) is 17.3. The Bertz CT molecular complexity index is 1070. The quantitative estimate of drug-likeness (QED) is 0.542. The molecule has 0 fully saturated rings. The van der Waals surface area contributed by atoms with Gasteiger partial charge in [0.1, 0.15) is 5.75 Å². The molecule has 4 nitrogen and oxygen atoms in total. The van der Waals surface area contributed by atoms with Crippen LogP contribution < -0.4 is 10.1 Å². The van der Waals surface area contributed by atoms with Crippen LogP contribution in [0, 0.1) is 0 Å². The van der Waals surface area contributed by atoms with Gasteiger partial charge in [-0.05, 0) is 22.9 Å². The summed E-state index contributed by atoms with van der Waals surface area (Å²) >= 11 is 1.40. The van der Waals surface area contributed by atoms with E-state index < -0.39 is 0 Å². The van der Waals surface area contributed by atoms with Crippen LogP contribution in [0.4, 0.5) is 5.13 Å². The van der Waals surface area contributed by atoms with Gasteiger partial charge in [-0.25, -0.2) is 4.98 Å². The maximum absolute atomic E-state index is 12.8. The number of nitrogens with zero attached hydrogens (tertiary/aromatic N) is 1. The van der Waals surface area contributed by atoms with Gasteiger partial charge in [-0.3, -0.25) is 10.1 Å². The molecule has 0 unspecified atom stereocenters. The second-order valence-corrected chi connectivity index (χ2v) is 6.62. The first kappa shape index (κ1) is 16.3. The number of aromatic nitrogens is 1. The Hall–Kier alpha value is -3.18. The van der Waals surface area contributed by atoms with Gasteiger partial charge in [0.15, 0.2) is 5.13 Å². The van der Waals surface area contributed by atoms with Crippen LogP contribution in [-0.4, -0.2) is 18.0 Å². The number of rotatable bonds is 4. The van der Waals surface area contributed by atoms with Crippen LogP contribution in [0.2, 0.25) is 0 Å².